The minimum atomic E-state index is -0.773. The zero-order valence-corrected chi connectivity index (χ0v) is 15.1. The molecule has 0 bridgehead atoms. The molecular weight excluding hydrogens is 342 g/mol. The second-order valence-electron chi connectivity index (χ2n) is 6.94. The molecule has 1 aliphatic heterocycles. The highest BCUT2D eigenvalue weighted by atomic mass is 16.4. The Kier molecular flexibility index (Phi) is 4.39. The smallest absolute Gasteiger partial charge is 0.306 e. The minimum Gasteiger partial charge on any atom is -0.481 e. The highest BCUT2D eigenvalue weighted by Crippen LogP contribution is 2.24. The quantitative estimate of drug-likeness (QED) is 0.775. The van der Waals surface area contributed by atoms with Crippen LogP contribution in [0.2, 0.25) is 0 Å². The molecule has 0 atom stereocenters. The molecule has 0 radical (unpaired) electrons. The monoisotopic (exact) mass is 363 g/mol. The maximum atomic E-state index is 12.8. The molecule has 2 heterocycles. The van der Waals surface area contributed by atoms with E-state index in [1.54, 1.807) is 4.90 Å². The van der Waals surface area contributed by atoms with Gasteiger partial charge >= 0.3 is 5.97 Å². The van der Waals surface area contributed by atoms with Crippen LogP contribution in [-0.2, 0) is 4.79 Å². The van der Waals surface area contributed by atoms with Crippen LogP contribution in [0.3, 0.4) is 0 Å². The van der Waals surface area contributed by atoms with E-state index in [1.165, 1.54) is 0 Å². The summed E-state index contributed by atoms with van der Waals surface area (Å²) in [7, 11) is 0. The van der Waals surface area contributed by atoms with E-state index in [0.29, 0.717) is 31.5 Å². The van der Waals surface area contributed by atoms with Crippen molar-refractivity contribution in [2.45, 2.75) is 19.8 Å². The number of carboxylic acid groups (broad SMARTS) is 1. The molecule has 6 heteroatoms. The third-order valence-corrected chi connectivity index (χ3v) is 5.21. The predicted octanol–water partition coefficient (Wildman–Crippen LogP) is 3.27. The second kappa shape index (κ2) is 6.87. The van der Waals surface area contributed by atoms with E-state index in [9.17, 15) is 9.59 Å². The minimum absolute atomic E-state index is 0.0624. The van der Waals surface area contributed by atoms with Crippen molar-refractivity contribution in [2.75, 3.05) is 13.1 Å². The van der Waals surface area contributed by atoms with Gasteiger partial charge in [0.25, 0.3) is 5.91 Å². The van der Waals surface area contributed by atoms with E-state index in [0.717, 1.165) is 22.5 Å². The van der Waals surface area contributed by atoms with E-state index in [-0.39, 0.29) is 11.8 Å². The molecule has 1 saturated heterocycles. The van der Waals surface area contributed by atoms with Gasteiger partial charge in [0.2, 0.25) is 0 Å². The number of aryl methyl sites for hydroxylation is 1. The lowest BCUT2D eigenvalue weighted by molar-refractivity contribution is -0.143. The average Bonchev–Trinajstić information content (AvgIpc) is 3.03. The van der Waals surface area contributed by atoms with E-state index in [4.69, 9.17) is 5.11 Å². The zero-order chi connectivity index (χ0) is 19.0. The van der Waals surface area contributed by atoms with Crippen LogP contribution in [-0.4, -0.2) is 44.5 Å². The van der Waals surface area contributed by atoms with Crippen molar-refractivity contribution in [3.05, 3.63) is 59.9 Å². The third-order valence-electron chi connectivity index (χ3n) is 5.21. The summed E-state index contributed by atoms with van der Waals surface area (Å²) in [6.07, 6.45) is 1.01. The number of benzene rings is 2. The Balaban J connectivity index is 1.61. The molecule has 4 rings (SSSR count). The highest BCUT2D eigenvalue weighted by molar-refractivity contribution is 5.97. The summed E-state index contributed by atoms with van der Waals surface area (Å²) in [5.74, 6) is -0.318. The summed E-state index contributed by atoms with van der Waals surface area (Å²) in [5, 5.41) is 9.11. The molecule has 0 spiro atoms. The SMILES string of the molecule is Cc1nc2cc(C(=O)N3CCC(C(=O)O)CC3)ccc2n1-c1ccccc1. The van der Waals surface area contributed by atoms with Gasteiger partial charge in [-0.25, -0.2) is 4.98 Å². The average molecular weight is 363 g/mol. The van der Waals surface area contributed by atoms with Crippen molar-refractivity contribution in [3.8, 4) is 5.69 Å². The third kappa shape index (κ3) is 3.18. The van der Waals surface area contributed by atoms with E-state index in [2.05, 4.69) is 9.55 Å². The number of rotatable bonds is 3. The standard InChI is InChI=1S/C21H21N3O3/c1-14-22-18-13-16(20(25)23-11-9-15(10-12-23)21(26)27)7-8-19(18)24(14)17-5-3-2-4-6-17/h2-8,13,15H,9-12H2,1H3,(H,26,27). The van der Waals surface area contributed by atoms with Gasteiger partial charge in [0.15, 0.2) is 0 Å². The first-order chi connectivity index (χ1) is 13.0. The van der Waals surface area contributed by atoms with Gasteiger partial charge in [0.05, 0.1) is 17.0 Å². The van der Waals surface area contributed by atoms with Crippen LogP contribution in [0, 0.1) is 12.8 Å². The largest absolute Gasteiger partial charge is 0.481 e. The Labute approximate surface area is 157 Å². The number of hydrogen-bond acceptors (Lipinski definition) is 3. The Morgan fingerprint density at radius 3 is 2.44 bits per heavy atom. The number of aromatic nitrogens is 2. The van der Waals surface area contributed by atoms with Crippen molar-refractivity contribution < 1.29 is 14.7 Å². The topological polar surface area (TPSA) is 75.4 Å². The molecular formula is C21H21N3O3. The molecule has 0 saturated carbocycles. The van der Waals surface area contributed by atoms with Crippen LogP contribution in [0.25, 0.3) is 16.7 Å². The molecule has 1 fully saturated rings. The number of carbonyl (C=O) groups excluding carboxylic acids is 1. The fraction of sp³-hybridized carbons (Fsp3) is 0.286. The van der Waals surface area contributed by atoms with Crippen LogP contribution >= 0.6 is 0 Å². The van der Waals surface area contributed by atoms with E-state index < -0.39 is 5.97 Å². The second-order valence-corrected chi connectivity index (χ2v) is 6.94. The number of nitrogens with zero attached hydrogens (tertiary/aromatic N) is 3. The number of para-hydroxylation sites is 1. The summed E-state index contributed by atoms with van der Waals surface area (Å²) in [6, 6.07) is 15.6. The number of likely N-dealkylation sites (tertiary alicyclic amines) is 1. The lowest BCUT2D eigenvalue weighted by atomic mass is 9.96. The van der Waals surface area contributed by atoms with E-state index in [1.807, 2.05) is 55.5 Å². The summed E-state index contributed by atoms with van der Waals surface area (Å²) >= 11 is 0. The lowest BCUT2D eigenvalue weighted by Crippen LogP contribution is -2.40. The molecule has 1 aromatic heterocycles. The number of piperidine rings is 1. The molecule has 0 aliphatic carbocycles. The van der Waals surface area contributed by atoms with Crippen LogP contribution in [0.15, 0.2) is 48.5 Å². The summed E-state index contributed by atoms with van der Waals surface area (Å²) < 4.78 is 2.07. The Bertz CT molecular complexity index is 1000. The highest BCUT2D eigenvalue weighted by Gasteiger charge is 2.27. The number of amides is 1. The molecule has 6 nitrogen and oxygen atoms in total. The summed E-state index contributed by atoms with van der Waals surface area (Å²) in [4.78, 5) is 30.3. The lowest BCUT2D eigenvalue weighted by Gasteiger charge is -2.30. The normalized spacial score (nSPS) is 15.2. The van der Waals surface area contributed by atoms with Crippen LogP contribution < -0.4 is 0 Å². The number of hydrogen-bond donors (Lipinski definition) is 1. The van der Waals surface area contributed by atoms with Crippen molar-refractivity contribution >= 4 is 22.9 Å². The molecule has 2 aromatic carbocycles. The Morgan fingerprint density at radius 1 is 1.07 bits per heavy atom. The summed E-state index contributed by atoms with van der Waals surface area (Å²) in [5.41, 5.74) is 3.36. The molecule has 138 valence electrons. The van der Waals surface area contributed by atoms with E-state index >= 15 is 0 Å². The van der Waals surface area contributed by atoms with Gasteiger partial charge in [-0.05, 0) is 50.1 Å². The number of imidazole rings is 1. The van der Waals surface area contributed by atoms with Gasteiger partial charge in [-0.3, -0.25) is 14.2 Å². The summed E-state index contributed by atoms with van der Waals surface area (Å²) in [6.45, 7) is 2.90. The number of aliphatic carboxylic acids is 1. The molecule has 1 amide bonds. The zero-order valence-electron chi connectivity index (χ0n) is 15.1. The van der Waals surface area contributed by atoms with Crippen molar-refractivity contribution in [2.24, 2.45) is 5.92 Å². The van der Waals surface area contributed by atoms with Gasteiger partial charge in [0.1, 0.15) is 5.82 Å². The Hall–Kier alpha value is -3.15. The number of carbonyl (C=O) groups is 2. The molecule has 1 N–H and O–H groups in total. The first-order valence-electron chi connectivity index (χ1n) is 9.11. The van der Waals surface area contributed by atoms with Crippen molar-refractivity contribution in [1.29, 1.82) is 0 Å². The van der Waals surface area contributed by atoms with Gasteiger partial charge in [-0.1, -0.05) is 18.2 Å². The maximum absolute atomic E-state index is 12.8. The van der Waals surface area contributed by atoms with Crippen molar-refractivity contribution in [1.82, 2.24) is 14.5 Å². The number of carboxylic acids is 1. The maximum Gasteiger partial charge on any atom is 0.306 e. The van der Waals surface area contributed by atoms with Crippen LogP contribution in [0.4, 0.5) is 0 Å². The van der Waals surface area contributed by atoms with Gasteiger partial charge < -0.3 is 10.0 Å². The predicted molar refractivity (Wildman–Crippen MR) is 102 cm³/mol. The molecule has 1 aliphatic rings. The van der Waals surface area contributed by atoms with Gasteiger partial charge in [-0.2, -0.15) is 0 Å². The fourth-order valence-corrected chi connectivity index (χ4v) is 3.75. The van der Waals surface area contributed by atoms with Crippen LogP contribution in [0.1, 0.15) is 29.0 Å². The first-order valence-corrected chi connectivity index (χ1v) is 9.11. The number of fused-ring (bicyclic) bond motifs is 1. The fourth-order valence-electron chi connectivity index (χ4n) is 3.75. The Morgan fingerprint density at radius 2 is 1.78 bits per heavy atom. The first kappa shape index (κ1) is 17.3. The van der Waals surface area contributed by atoms with Gasteiger partial charge in [0, 0.05) is 24.3 Å². The van der Waals surface area contributed by atoms with Gasteiger partial charge in [-0.15, -0.1) is 0 Å². The molecule has 3 aromatic rings. The van der Waals surface area contributed by atoms with Crippen LogP contribution in [0.5, 0.6) is 0 Å². The molecule has 27 heavy (non-hydrogen) atoms. The van der Waals surface area contributed by atoms with Crippen molar-refractivity contribution in [3.63, 3.8) is 0 Å². The molecule has 0 unspecified atom stereocenters.